The van der Waals surface area contributed by atoms with Gasteiger partial charge in [-0.05, 0) is 23.8 Å². The van der Waals surface area contributed by atoms with Crippen molar-refractivity contribution < 1.29 is 9.90 Å². The Labute approximate surface area is 171 Å². The number of nitrogens with zero attached hydrogens (tertiary/aromatic N) is 4. The van der Waals surface area contributed by atoms with Crippen LogP contribution < -0.4 is 10.9 Å². The largest absolute Gasteiger partial charge is 0.477 e. The number of hydrogen-bond acceptors (Lipinski definition) is 6. The first kappa shape index (κ1) is 19.6. The zero-order valence-corrected chi connectivity index (χ0v) is 16.4. The van der Waals surface area contributed by atoms with Crippen molar-refractivity contribution in [3.63, 3.8) is 0 Å². The molecule has 1 aliphatic rings. The highest BCUT2D eigenvalue weighted by molar-refractivity contribution is 6.31. The third-order valence-corrected chi connectivity index (χ3v) is 5.26. The normalized spacial score (nSPS) is 15.1. The van der Waals surface area contributed by atoms with Gasteiger partial charge in [0.1, 0.15) is 5.56 Å². The van der Waals surface area contributed by atoms with Crippen LogP contribution >= 0.6 is 11.6 Å². The van der Waals surface area contributed by atoms with Gasteiger partial charge in [0.05, 0.1) is 17.8 Å². The Kier molecular flexibility index (Phi) is 5.61. The van der Waals surface area contributed by atoms with Crippen molar-refractivity contribution in [1.82, 2.24) is 30.2 Å². The van der Waals surface area contributed by atoms with Crippen molar-refractivity contribution in [2.24, 2.45) is 0 Å². The number of hydrogen-bond donors (Lipinski definition) is 3. The summed E-state index contributed by atoms with van der Waals surface area (Å²) < 4.78 is 1.70. The van der Waals surface area contributed by atoms with E-state index in [-0.39, 0.29) is 5.56 Å². The fourth-order valence-corrected chi connectivity index (χ4v) is 3.80. The lowest BCUT2D eigenvalue weighted by atomic mass is 10.1. The summed E-state index contributed by atoms with van der Waals surface area (Å²) >= 11 is 6.21. The van der Waals surface area contributed by atoms with Crippen molar-refractivity contribution >= 4 is 28.5 Å². The number of rotatable bonds is 6. The number of carbonyl (C=O) groups is 1. The monoisotopic (exact) mass is 416 g/mol. The zero-order chi connectivity index (χ0) is 20.4. The Morgan fingerprint density at radius 2 is 2.03 bits per heavy atom. The smallest absolute Gasteiger partial charge is 0.341 e. The average Bonchev–Trinajstić information content (AvgIpc) is 3.14. The van der Waals surface area contributed by atoms with E-state index in [1.807, 2.05) is 6.20 Å². The Balaban J connectivity index is 1.54. The molecule has 0 radical (unpaired) electrons. The van der Waals surface area contributed by atoms with Crippen LogP contribution in [0.4, 0.5) is 0 Å². The van der Waals surface area contributed by atoms with Gasteiger partial charge in [0.15, 0.2) is 0 Å². The maximum Gasteiger partial charge on any atom is 0.341 e. The average molecular weight is 417 g/mol. The van der Waals surface area contributed by atoms with Crippen molar-refractivity contribution in [3.05, 3.63) is 56.6 Å². The van der Waals surface area contributed by atoms with Crippen molar-refractivity contribution in [1.29, 1.82) is 0 Å². The Morgan fingerprint density at radius 1 is 1.24 bits per heavy atom. The molecular formula is C19H21ClN6O3. The van der Waals surface area contributed by atoms with Crippen molar-refractivity contribution in [3.8, 4) is 0 Å². The number of piperazine rings is 1. The SMILES string of the molecule is O=C(O)c1cc2cc(Cl)cc(Cn3cc(CCN4CCNCC4)nn3)c2[nH]c1=O. The highest BCUT2D eigenvalue weighted by atomic mass is 35.5. The van der Waals surface area contributed by atoms with Crippen molar-refractivity contribution in [2.45, 2.75) is 13.0 Å². The number of carboxylic acid groups (broad SMARTS) is 1. The first-order valence-electron chi connectivity index (χ1n) is 9.40. The summed E-state index contributed by atoms with van der Waals surface area (Å²) in [6.07, 6.45) is 2.70. The van der Waals surface area contributed by atoms with Crippen LogP contribution in [0.2, 0.25) is 5.02 Å². The van der Waals surface area contributed by atoms with Gasteiger partial charge in [-0.25, -0.2) is 9.48 Å². The van der Waals surface area contributed by atoms with Gasteiger partial charge >= 0.3 is 5.97 Å². The number of nitrogens with one attached hydrogen (secondary N) is 2. The maximum absolute atomic E-state index is 12.1. The Bertz CT molecular complexity index is 1100. The summed E-state index contributed by atoms with van der Waals surface area (Å²) in [4.78, 5) is 28.4. The van der Waals surface area contributed by atoms with Crippen LogP contribution in [0.25, 0.3) is 10.9 Å². The molecule has 0 unspecified atom stereocenters. The van der Waals surface area contributed by atoms with Crippen LogP contribution in [0.15, 0.2) is 29.2 Å². The summed E-state index contributed by atoms with van der Waals surface area (Å²) in [6, 6.07) is 4.71. The minimum Gasteiger partial charge on any atom is -0.477 e. The van der Waals surface area contributed by atoms with Gasteiger partial charge in [0.2, 0.25) is 0 Å². The number of halogens is 1. The van der Waals surface area contributed by atoms with Crippen molar-refractivity contribution in [2.75, 3.05) is 32.7 Å². The molecule has 4 rings (SSSR count). The number of aromatic nitrogens is 4. The highest BCUT2D eigenvalue weighted by Gasteiger charge is 2.14. The summed E-state index contributed by atoms with van der Waals surface area (Å²) in [5.41, 5.74) is 1.21. The topological polar surface area (TPSA) is 116 Å². The molecule has 0 atom stereocenters. The second kappa shape index (κ2) is 8.32. The van der Waals surface area contributed by atoms with Gasteiger partial charge in [0, 0.05) is 55.8 Å². The molecule has 9 nitrogen and oxygen atoms in total. The summed E-state index contributed by atoms with van der Waals surface area (Å²) in [5, 5.41) is 21.9. The molecule has 3 heterocycles. The van der Waals surface area contributed by atoms with Gasteiger partial charge in [-0.3, -0.25) is 4.79 Å². The van der Waals surface area contributed by atoms with E-state index in [1.165, 1.54) is 6.07 Å². The molecular weight excluding hydrogens is 396 g/mol. The molecule has 0 aliphatic carbocycles. The molecule has 0 bridgehead atoms. The van der Waals surface area contributed by atoms with Gasteiger partial charge < -0.3 is 20.3 Å². The lowest BCUT2D eigenvalue weighted by Crippen LogP contribution is -2.44. The molecule has 10 heteroatoms. The Hall–Kier alpha value is -2.75. The first-order chi connectivity index (χ1) is 14.0. The molecule has 2 aromatic heterocycles. The molecule has 1 aliphatic heterocycles. The fourth-order valence-electron chi connectivity index (χ4n) is 3.55. The minimum atomic E-state index is -1.28. The molecule has 0 spiro atoms. The fraction of sp³-hybridized carbons (Fsp3) is 0.368. The molecule has 152 valence electrons. The van der Waals surface area contributed by atoms with Crippen LogP contribution in [0.1, 0.15) is 21.6 Å². The van der Waals surface area contributed by atoms with Gasteiger partial charge in [-0.2, -0.15) is 0 Å². The van der Waals surface area contributed by atoms with Gasteiger partial charge in [0.25, 0.3) is 5.56 Å². The predicted octanol–water partition coefficient (Wildman–Crippen LogP) is 0.967. The van der Waals surface area contributed by atoms with E-state index in [0.717, 1.165) is 50.4 Å². The first-order valence-corrected chi connectivity index (χ1v) is 9.78. The lowest BCUT2D eigenvalue weighted by Gasteiger charge is -2.26. The molecule has 29 heavy (non-hydrogen) atoms. The number of pyridine rings is 1. The minimum absolute atomic E-state index is 0.318. The second-order valence-corrected chi connectivity index (χ2v) is 7.53. The van der Waals surface area contributed by atoms with E-state index in [1.54, 1.807) is 16.8 Å². The summed E-state index contributed by atoms with van der Waals surface area (Å²) in [5.74, 6) is -1.28. The Morgan fingerprint density at radius 3 is 2.79 bits per heavy atom. The predicted molar refractivity (Wildman–Crippen MR) is 109 cm³/mol. The van der Waals surface area contributed by atoms with E-state index in [0.29, 0.717) is 22.5 Å². The van der Waals surface area contributed by atoms with Crippen LogP contribution in [0, 0.1) is 0 Å². The standard InChI is InChI=1S/C19H21ClN6O3/c20-14-7-12-9-16(19(28)29)18(27)22-17(12)13(8-14)10-26-11-15(23-24-26)1-4-25-5-2-21-3-6-25/h7-9,11,21H,1-6,10H2,(H,22,27)(H,28,29). The van der Waals surface area contributed by atoms with Crippen LogP contribution in [-0.4, -0.2) is 68.7 Å². The molecule has 0 saturated carbocycles. The molecule has 1 saturated heterocycles. The molecule has 1 fully saturated rings. The number of H-pyrrole nitrogens is 1. The second-order valence-electron chi connectivity index (χ2n) is 7.10. The highest BCUT2D eigenvalue weighted by Crippen LogP contribution is 2.23. The van der Waals surface area contributed by atoms with Crippen LogP contribution in [-0.2, 0) is 13.0 Å². The maximum atomic E-state index is 12.1. The summed E-state index contributed by atoms with van der Waals surface area (Å²) in [6.45, 7) is 5.39. The zero-order valence-electron chi connectivity index (χ0n) is 15.7. The van der Waals surface area contributed by atoms with E-state index >= 15 is 0 Å². The van der Waals surface area contributed by atoms with E-state index < -0.39 is 11.5 Å². The van der Waals surface area contributed by atoms with Gasteiger partial charge in [-0.1, -0.05) is 16.8 Å². The van der Waals surface area contributed by atoms with Crippen LogP contribution in [0.3, 0.4) is 0 Å². The summed E-state index contributed by atoms with van der Waals surface area (Å²) in [7, 11) is 0. The number of carboxylic acids is 1. The van der Waals surface area contributed by atoms with E-state index in [2.05, 4.69) is 25.5 Å². The van der Waals surface area contributed by atoms with E-state index in [4.69, 9.17) is 16.7 Å². The number of aromatic carboxylic acids is 1. The van der Waals surface area contributed by atoms with Gasteiger partial charge in [-0.15, -0.1) is 5.10 Å². The molecule has 3 aromatic rings. The van der Waals surface area contributed by atoms with Crippen LogP contribution in [0.5, 0.6) is 0 Å². The number of fused-ring (bicyclic) bond motifs is 1. The number of benzene rings is 1. The third-order valence-electron chi connectivity index (χ3n) is 5.04. The molecule has 0 amide bonds. The lowest BCUT2D eigenvalue weighted by molar-refractivity contribution is 0.0695. The molecule has 3 N–H and O–H groups in total. The quantitative estimate of drug-likeness (QED) is 0.548. The van der Waals surface area contributed by atoms with E-state index in [9.17, 15) is 9.59 Å². The number of aromatic amines is 1. The third kappa shape index (κ3) is 4.47. The molecule has 1 aromatic carbocycles.